The van der Waals surface area contributed by atoms with Crippen molar-refractivity contribution in [1.82, 2.24) is 5.32 Å². The van der Waals surface area contributed by atoms with E-state index < -0.39 is 0 Å². The van der Waals surface area contributed by atoms with Gasteiger partial charge in [-0.2, -0.15) is 0 Å². The summed E-state index contributed by atoms with van der Waals surface area (Å²) in [5.41, 5.74) is 3.78. The van der Waals surface area contributed by atoms with Crippen LogP contribution in [0.3, 0.4) is 0 Å². The minimum Gasteiger partial charge on any atom is -0.319 e. The SMILES string of the molecule is CCN1C(=O)CCc2cc(CCNC)ccc21. The zero-order chi connectivity index (χ0) is 12.3. The van der Waals surface area contributed by atoms with Crippen LogP contribution in [0.2, 0.25) is 0 Å². The Labute approximate surface area is 103 Å². The fourth-order valence-electron chi connectivity index (χ4n) is 2.38. The number of hydrogen-bond donors (Lipinski definition) is 1. The summed E-state index contributed by atoms with van der Waals surface area (Å²) < 4.78 is 0. The van der Waals surface area contributed by atoms with Gasteiger partial charge in [-0.15, -0.1) is 0 Å². The summed E-state index contributed by atoms with van der Waals surface area (Å²) in [6.07, 6.45) is 2.58. The van der Waals surface area contributed by atoms with Crippen molar-refractivity contribution >= 4 is 11.6 Å². The molecular weight excluding hydrogens is 212 g/mol. The summed E-state index contributed by atoms with van der Waals surface area (Å²) in [7, 11) is 1.97. The van der Waals surface area contributed by atoms with Crippen LogP contribution in [0.25, 0.3) is 0 Å². The molecule has 0 bridgehead atoms. The maximum Gasteiger partial charge on any atom is 0.227 e. The van der Waals surface area contributed by atoms with Crippen LogP contribution in [0.5, 0.6) is 0 Å². The van der Waals surface area contributed by atoms with Crippen LogP contribution in [-0.2, 0) is 17.6 Å². The second-order valence-electron chi connectivity index (χ2n) is 4.45. The van der Waals surface area contributed by atoms with Crippen molar-refractivity contribution in [3.05, 3.63) is 29.3 Å². The van der Waals surface area contributed by atoms with Gasteiger partial charge in [0.2, 0.25) is 5.91 Å². The summed E-state index contributed by atoms with van der Waals surface area (Å²) >= 11 is 0. The van der Waals surface area contributed by atoms with E-state index in [2.05, 4.69) is 23.5 Å². The van der Waals surface area contributed by atoms with Crippen molar-refractivity contribution in [2.24, 2.45) is 0 Å². The van der Waals surface area contributed by atoms with Gasteiger partial charge in [0.1, 0.15) is 0 Å². The quantitative estimate of drug-likeness (QED) is 0.857. The first-order valence-electron chi connectivity index (χ1n) is 6.33. The minimum absolute atomic E-state index is 0.253. The molecule has 3 heteroatoms. The zero-order valence-corrected chi connectivity index (χ0v) is 10.6. The maximum absolute atomic E-state index is 11.8. The largest absolute Gasteiger partial charge is 0.319 e. The lowest BCUT2D eigenvalue weighted by molar-refractivity contribution is -0.118. The molecule has 3 nitrogen and oxygen atoms in total. The fraction of sp³-hybridized carbons (Fsp3) is 0.500. The molecule has 1 aromatic rings. The highest BCUT2D eigenvalue weighted by atomic mass is 16.2. The lowest BCUT2D eigenvalue weighted by atomic mass is 9.97. The number of aryl methyl sites for hydroxylation is 1. The highest BCUT2D eigenvalue weighted by Crippen LogP contribution is 2.28. The number of carbonyl (C=O) groups is 1. The molecule has 1 aliphatic heterocycles. The number of nitrogens with one attached hydrogen (secondary N) is 1. The van der Waals surface area contributed by atoms with Crippen molar-refractivity contribution in [3.63, 3.8) is 0 Å². The molecule has 0 saturated carbocycles. The average molecular weight is 232 g/mol. The van der Waals surface area contributed by atoms with Gasteiger partial charge in [0.25, 0.3) is 0 Å². The maximum atomic E-state index is 11.8. The van der Waals surface area contributed by atoms with Crippen molar-refractivity contribution < 1.29 is 4.79 Å². The Morgan fingerprint density at radius 2 is 2.18 bits per heavy atom. The van der Waals surface area contributed by atoms with Gasteiger partial charge in [0, 0.05) is 18.7 Å². The van der Waals surface area contributed by atoms with Crippen molar-refractivity contribution in [2.75, 3.05) is 25.0 Å². The summed E-state index contributed by atoms with van der Waals surface area (Å²) in [6, 6.07) is 6.49. The highest BCUT2D eigenvalue weighted by Gasteiger charge is 2.22. The number of rotatable bonds is 4. The molecule has 1 aliphatic rings. The lowest BCUT2D eigenvalue weighted by Crippen LogP contribution is -2.34. The Bertz CT molecular complexity index is 415. The number of amides is 1. The van der Waals surface area contributed by atoms with Gasteiger partial charge < -0.3 is 10.2 Å². The monoisotopic (exact) mass is 232 g/mol. The van der Waals surface area contributed by atoms with Gasteiger partial charge in [-0.1, -0.05) is 12.1 Å². The molecule has 1 amide bonds. The Hall–Kier alpha value is -1.35. The molecule has 0 unspecified atom stereocenters. The standard InChI is InChI=1S/C14H20N2O/c1-3-16-13-6-4-11(8-9-15-2)10-12(13)5-7-14(16)17/h4,6,10,15H,3,5,7-9H2,1-2H3. The number of anilines is 1. The molecule has 1 heterocycles. The number of benzene rings is 1. The molecule has 1 N–H and O–H groups in total. The van der Waals surface area contributed by atoms with Crippen LogP contribution in [0.15, 0.2) is 18.2 Å². The molecule has 0 fully saturated rings. The van der Waals surface area contributed by atoms with E-state index in [1.165, 1.54) is 11.1 Å². The topological polar surface area (TPSA) is 32.3 Å². The number of likely N-dealkylation sites (N-methyl/N-ethyl adjacent to an activating group) is 1. The summed E-state index contributed by atoms with van der Waals surface area (Å²) in [6.45, 7) is 3.79. The third-order valence-corrected chi connectivity index (χ3v) is 3.32. The average Bonchev–Trinajstić information content (AvgIpc) is 2.36. The molecule has 0 atom stereocenters. The Balaban J connectivity index is 2.24. The molecular formula is C14H20N2O. The van der Waals surface area contributed by atoms with Gasteiger partial charge in [-0.05, 0) is 50.6 Å². The van der Waals surface area contributed by atoms with E-state index in [1.807, 2.05) is 18.9 Å². The number of fused-ring (bicyclic) bond motifs is 1. The summed E-state index contributed by atoms with van der Waals surface area (Å²) in [5.74, 6) is 0.253. The number of hydrogen-bond acceptors (Lipinski definition) is 2. The third-order valence-electron chi connectivity index (χ3n) is 3.32. The highest BCUT2D eigenvalue weighted by molar-refractivity contribution is 5.96. The molecule has 92 valence electrons. The smallest absolute Gasteiger partial charge is 0.227 e. The molecule has 0 radical (unpaired) electrons. The van der Waals surface area contributed by atoms with Gasteiger partial charge in [0.15, 0.2) is 0 Å². The molecule has 0 aliphatic carbocycles. The zero-order valence-electron chi connectivity index (χ0n) is 10.6. The second-order valence-corrected chi connectivity index (χ2v) is 4.45. The third kappa shape index (κ3) is 2.50. The van der Waals surface area contributed by atoms with E-state index in [-0.39, 0.29) is 5.91 Å². The molecule has 0 spiro atoms. The second kappa shape index (κ2) is 5.32. The Morgan fingerprint density at radius 3 is 2.88 bits per heavy atom. The fourth-order valence-corrected chi connectivity index (χ4v) is 2.38. The first-order chi connectivity index (χ1) is 8.26. The van der Waals surface area contributed by atoms with Crippen LogP contribution in [0, 0.1) is 0 Å². The van der Waals surface area contributed by atoms with Gasteiger partial charge >= 0.3 is 0 Å². The predicted molar refractivity (Wildman–Crippen MR) is 70.4 cm³/mol. The van der Waals surface area contributed by atoms with E-state index in [0.29, 0.717) is 6.42 Å². The van der Waals surface area contributed by atoms with E-state index in [9.17, 15) is 4.79 Å². The summed E-state index contributed by atoms with van der Waals surface area (Å²) in [4.78, 5) is 13.7. The van der Waals surface area contributed by atoms with E-state index >= 15 is 0 Å². The van der Waals surface area contributed by atoms with Gasteiger partial charge in [-0.3, -0.25) is 4.79 Å². The van der Waals surface area contributed by atoms with Crippen LogP contribution in [-0.4, -0.2) is 26.0 Å². The Kier molecular flexibility index (Phi) is 3.79. The minimum atomic E-state index is 0.253. The molecule has 0 saturated heterocycles. The van der Waals surface area contributed by atoms with Crippen molar-refractivity contribution in [1.29, 1.82) is 0 Å². The van der Waals surface area contributed by atoms with E-state index in [4.69, 9.17) is 0 Å². The number of carbonyl (C=O) groups excluding carboxylic acids is 1. The molecule has 1 aromatic carbocycles. The van der Waals surface area contributed by atoms with Crippen LogP contribution in [0.1, 0.15) is 24.5 Å². The predicted octanol–water partition coefficient (Wildman–Crippen LogP) is 1.75. The molecule has 17 heavy (non-hydrogen) atoms. The van der Waals surface area contributed by atoms with Crippen LogP contribution in [0.4, 0.5) is 5.69 Å². The van der Waals surface area contributed by atoms with Crippen molar-refractivity contribution in [2.45, 2.75) is 26.2 Å². The normalized spacial score (nSPS) is 14.9. The lowest BCUT2D eigenvalue weighted by Gasteiger charge is -2.28. The van der Waals surface area contributed by atoms with Crippen LogP contribution >= 0.6 is 0 Å². The first kappa shape index (κ1) is 12.1. The summed E-state index contributed by atoms with van der Waals surface area (Å²) in [5, 5.41) is 3.16. The van der Waals surface area contributed by atoms with E-state index in [0.717, 1.165) is 31.6 Å². The van der Waals surface area contributed by atoms with Gasteiger partial charge in [-0.25, -0.2) is 0 Å². The van der Waals surface area contributed by atoms with E-state index in [1.54, 1.807) is 0 Å². The number of nitrogens with zero attached hydrogens (tertiary/aromatic N) is 1. The van der Waals surface area contributed by atoms with Crippen molar-refractivity contribution in [3.8, 4) is 0 Å². The molecule has 2 rings (SSSR count). The molecule has 0 aromatic heterocycles. The van der Waals surface area contributed by atoms with Gasteiger partial charge in [0.05, 0.1) is 0 Å². The van der Waals surface area contributed by atoms with Crippen LogP contribution < -0.4 is 10.2 Å². The Morgan fingerprint density at radius 1 is 1.35 bits per heavy atom. The first-order valence-corrected chi connectivity index (χ1v) is 6.33.